The molecule has 0 N–H and O–H groups in total. The molecule has 0 atom stereocenters. The molecule has 3 aromatic carbocycles. The van der Waals surface area contributed by atoms with E-state index in [0.717, 1.165) is 24.3 Å². The van der Waals surface area contributed by atoms with E-state index in [4.69, 9.17) is 13.1 Å². The third-order valence-electron chi connectivity index (χ3n) is 6.18. The zero-order valence-corrected chi connectivity index (χ0v) is 17.0. The number of fused-ring (bicyclic) bond motifs is 6. The predicted molar refractivity (Wildman–Crippen MR) is 113 cm³/mol. The number of nitriles is 2. The summed E-state index contributed by atoms with van der Waals surface area (Å²) in [5.74, 6) is -4.47. The molecular formula is C26H8F4N4. The Labute approximate surface area is 190 Å². The normalized spacial score (nSPS) is 11.8. The van der Waals surface area contributed by atoms with Crippen LogP contribution >= 0.6 is 0 Å². The van der Waals surface area contributed by atoms with Crippen molar-refractivity contribution in [3.63, 3.8) is 0 Å². The van der Waals surface area contributed by atoms with E-state index in [2.05, 4.69) is 9.69 Å². The Kier molecular flexibility index (Phi) is 4.50. The highest BCUT2D eigenvalue weighted by molar-refractivity contribution is 5.93. The molecule has 0 bridgehead atoms. The molecule has 160 valence electrons. The first-order chi connectivity index (χ1) is 16.3. The minimum atomic E-state index is -1.15. The number of benzene rings is 3. The maximum Gasteiger partial charge on any atom is 0.270 e. The van der Waals surface area contributed by atoms with Gasteiger partial charge in [-0.15, -0.1) is 0 Å². The standard InChI is InChI=1S/C26H8F4N4/c1-33-21(9-31)23-15-3-11-5-17(27)19(29)7-13(11)24(15)26(22(10-32)34-2)25-14-8-20(30)18(28)6-12(14)4-16(23)25/h5-8H,3-4H2. The fraction of sp³-hybridized carbons (Fsp3) is 0.0769. The summed E-state index contributed by atoms with van der Waals surface area (Å²) in [6, 6.07) is 7.54. The van der Waals surface area contributed by atoms with Gasteiger partial charge in [0.25, 0.3) is 11.4 Å². The minimum absolute atomic E-state index is 0.0218. The Hall–Kier alpha value is -4.92. The summed E-state index contributed by atoms with van der Waals surface area (Å²) in [5, 5.41) is 19.7. The van der Waals surface area contributed by atoms with Crippen LogP contribution in [0.25, 0.3) is 43.3 Å². The molecule has 0 radical (unpaired) electrons. The maximum atomic E-state index is 14.3. The molecule has 0 fully saturated rings. The first kappa shape index (κ1) is 21.0. The number of rotatable bonds is 0. The Balaban J connectivity index is 2.14. The van der Waals surface area contributed by atoms with Crippen LogP contribution in [0.15, 0.2) is 24.3 Å². The molecule has 0 amide bonds. The molecule has 2 aliphatic carbocycles. The lowest BCUT2D eigenvalue weighted by atomic mass is 9.90. The SMILES string of the molecule is [C-]#[N+]C(C#N)=c1c2c(c(=C(C#N)[N+]#[C-])c3c1Cc1cc(F)c(F)cc1-3)-c1cc(F)c(F)cc1C2. The zero-order valence-electron chi connectivity index (χ0n) is 17.0. The van der Waals surface area contributed by atoms with Gasteiger partial charge in [-0.1, -0.05) is 0 Å². The molecule has 0 saturated carbocycles. The summed E-state index contributed by atoms with van der Waals surface area (Å²) >= 11 is 0. The molecule has 0 saturated heterocycles. The van der Waals surface area contributed by atoms with Crippen LogP contribution in [0.5, 0.6) is 0 Å². The Morgan fingerprint density at radius 1 is 0.676 bits per heavy atom. The minimum Gasteiger partial charge on any atom is -0.226 e. The first-order valence-electron chi connectivity index (χ1n) is 9.82. The lowest BCUT2D eigenvalue weighted by Crippen LogP contribution is -2.25. The van der Waals surface area contributed by atoms with Crippen molar-refractivity contribution < 1.29 is 17.6 Å². The molecule has 0 heterocycles. The summed E-state index contributed by atoms with van der Waals surface area (Å²) in [5.41, 5.74) is 1.61. The number of hydrogen-bond donors (Lipinski definition) is 0. The highest BCUT2D eigenvalue weighted by Crippen LogP contribution is 2.41. The van der Waals surface area contributed by atoms with Gasteiger partial charge in [0.05, 0.1) is 25.3 Å². The van der Waals surface area contributed by atoms with Crippen LogP contribution < -0.4 is 10.4 Å². The van der Waals surface area contributed by atoms with Gasteiger partial charge in [-0.05, 0) is 86.8 Å². The van der Waals surface area contributed by atoms with E-state index in [0.29, 0.717) is 22.3 Å². The molecule has 0 aliphatic heterocycles. The average molecular weight is 452 g/mol. The van der Waals surface area contributed by atoms with Crippen LogP contribution in [-0.2, 0) is 12.8 Å². The van der Waals surface area contributed by atoms with Gasteiger partial charge >= 0.3 is 0 Å². The molecule has 8 heteroatoms. The molecule has 4 nitrogen and oxygen atoms in total. The van der Waals surface area contributed by atoms with Gasteiger partial charge < -0.3 is 0 Å². The molecule has 34 heavy (non-hydrogen) atoms. The van der Waals surface area contributed by atoms with Crippen molar-refractivity contribution in [2.24, 2.45) is 0 Å². The van der Waals surface area contributed by atoms with Crippen molar-refractivity contribution in [2.45, 2.75) is 12.8 Å². The molecular weight excluding hydrogens is 444 g/mol. The third-order valence-corrected chi connectivity index (χ3v) is 6.18. The number of halogens is 4. The van der Waals surface area contributed by atoms with Gasteiger partial charge in [-0.2, -0.15) is 0 Å². The van der Waals surface area contributed by atoms with E-state index < -0.39 is 23.3 Å². The van der Waals surface area contributed by atoms with Crippen molar-refractivity contribution in [1.29, 1.82) is 10.5 Å². The fourth-order valence-electron chi connectivity index (χ4n) is 4.92. The van der Waals surface area contributed by atoms with E-state index in [9.17, 15) is 28.1 Å². The monoisotopic (exact) mass is 452 g/mol. The number of nitrogens with zero attached hydrogens (tertiary/aromatic N) is 4. The van der Waals surface area contributed by atoms with Crippen LogP contribution in [0.4, 0.5) is 17.6 Å². The molecule has 3 aromatic rings. The highest BCUT2D eigenvalue weighted by atomic mass is 19.2. The summed E-state index contributed by atoms with van der Waals surface area (Å²) in [6.45, 7) is 15.1. The molecule has 0 aromatic heterocycles. The smallest absolute Gasteiger partial charge is 0.226 e. The van der Waals surface area contributed by atoms with Gasteiger partial charge in [-0.25, -0.2) is 37.8 Å². The van der Waals surface area contributed by atoms with Crippen LogP contribution in [0.1, 0.15) is 22.3 Å². The van der Waals surface area contributed by atoms with E-state index in [1.165, 1.54) is 0 Å². The first-order valence-corrected chi connectivity index (χ1v) is 9.82. The summed E-state index contributed by atoms with van der Waals surface area (Å²) in [6.07, 6.45) is 0.0436. The lowest BCUT2D eigenvalue weighted by molar-refractivity contribution is 0.508. The summed E-state index contributed by atoms with van der Waals surface area (Å²) < 4.78 is 56.6. The molecule has 2 aliphatic rings. The van der Waals surface area contributed by atoms with Crippen molar-refractivity contribution in [3.8, 4) is 34.4 Å². The Morgan fingerprint density at radius 2 is 1.06 bits per heavy atom. The van der Waals surface area contributed by atoms with Gasteiger partial charge in [0, 0.05) is 5.22 Å². The zero-order chi connectivity index (χ0) is 24.3. The van der Waals surface area contributed by atoms with Crippen molar-refractivity contribution in [3.05, 3.63) is 103 Å². The summed E-state index contributed by atoms with van der Waals surface area (Å²) in [7, 11) is 0. The quantitative estimate of drug-likeness (QED) is 0.257. The Bertz CT molecular complexity index is 1670. The second-order valence-electron chi connectivity index (χ2n) is 7.80. The van der Waals surface area contributed by atoms with Gasteiger partial charge in [0.2, 0.25) is 0 Å². The largest absolute Gasteiger partial charge is 0.270 e. The van der Waals surface area contributed by atoms with E-state index in [-0.39, 0.29) is 56.9 Å². The van der Waals surface area contributed by atoms with Gasteiger partial charge in [-0.3, -0.25) is 0 Å². The third kappa shape index (κ3) is 2.67. The second kappa shape index (κ2) is 7.31. The number of hydrogen-bond acceptors (Lipinski definition) is 2. The maximum absolute atomic E-state index is 14.3. The highest BCUT2D eigenvalue weighted by Gasteiger charge is 2.33. The molecule has 0 unspecified atom stereocenters. The lowest BCUT2D eigenvalue weighted by Gasteiger charge is -2.13. The summed E-state index contributed by atoms with van der Waals surface area (Å²) in [4.78, 5) is 6.63. The van der Waals surface area contributed by atoms with E-state index in [1.54, 1.807) is 0 Å². The van der Waals surface area contributed by atoms with Gasteiger partial charge in [0.15, 0.2) is 23.3 Å². The predicted octanol–water partition coefficient (Wildman–Crippen LogP) is 4.49. The van der Waals surface area contributed by atoms with E-state index >= 15 is 0 Å². The fourth-order valence-corrected chi connectivity index (χ4v) is 4.92. The van der Waals surface area contributed by atoms with Crippen molar-refractivity contribution >= 4 is 11.4 Å². The molecule has 0 spiro atoms. The second-order valence-corrected chi connectivity index (χ2v) is 7.80. The van der Waals surface area contributed by atoms with Crippen LogP contribution in [0, 0.1) is 59.1 Å². The molecule has 5 rings (SSSR count). The van der Waals surface area contributed by atoms with Crippen LogP contribution in [0.2, 0.25) is 0 Å². The van der Waals surface area contributed by atoms with Gasteiger partial charge in [0.1, 0.15) is 0 Å². The van der Waals surface area contributed by atoms with Crippen molar-refractivity contribution in [1.82, 2.24) is 0 Å². The Morgan fingerprint density at radius 3 is 1.44 bits per heavy atom. The average Bonchev–Trinajstić information content (AvgIpc) is 3.35. The topological polar surface area (TPSA) is 56.3 Å². The van der Waals surface area contributed by atoms with Crippen LogP contribution in [-0.4, -0.2) is 0 Å². The van der Waals surface area contributed by atoms with Crippen LogP contribution in [0.3, 0.4) is 0 Å². The van der Waals surface area contributed by atoms with E-state index in [1.807, 2.05) is 12.1 Å². The van der Waals surface area contributed by atoms with Crippen molar-refractivity contribution in [2.75, 3.05) is 0 Å².